The molecule has 3 nitrogen and oxygen atoms in total. The highest BCUT2D eigenvalue weighted by Gasteiger charge is 2.24. The molecule has 1 fully saturated rings. The fourth-order valence-electron chi connectivity index (χ4n) is 3.05. The Labute approximate surface area is 135 Å². The molecule has 1 aliphatic rings. The van der Waals surface area contributed by atoms with Crippen LogP contribution in [0, 0.1) is 0 Å². The maximum Gasteiger partial charge on any atom is 0.119 e. The number of benzene rings is 1. The van der Waals surface area contributed by atoms with Gasteiger partial charge in [0.15, 0.2) is 0 Å². The van der Waals surface area contributed by atoms with Crippen molar-refractivity contribution in [3.8, 4) is 5.75 Å². The maximum atomic E-state index is 9.12. The topological polar surface area (TPSA) is 41.5 Å². The van der Waals surface area contributed by atoms with Crippen LogP contribution in [-0.2, 0) is 6.42 Å². The van der Waals surface area contributed by atoms with Crippen LogP contribution in [0.4, 0.5) is 0 Å². The SMILES string of the molecule is CCCCCCCCc1ccc(OC2CN[C@H](CO)C2)cc1. The van der Waals surface area contributed by atoms with Crippen molar-refractivity contribution in [1.29, 1.82) is 0 Å². The maximum absolute atomic E-state index is 9.12. The number of aliphatic hydroxyl groups excluding tert-OH is 1. The van der Waals surface area contributed by atoms with Gasteiger partial charge >= 0.3 is 0 Å². The van der Waals surface area contributed by atoms with Crippen LogP contribution in [-0.4, -0.2) is 30.4 Å². The average molecular weight is 305 g/mol. The molecule has 3 heteroatoms. The Morgan fingerprint density at radius 1 is 1.09 bits per heavy atom. The predicted molar refractivity (Wildman–Crippen MR) is 91.4 cm³/mol. The van der Waals surface area contributed by atoms with Crippen LogP contribution < -0.4 is 10.1 Å². The van der Waals surface area contributed by atoms with Crippen molar-refractivity contribution in [3.05, 3.63) is 29.8 Å². The second-order valence-electron chi connectivity index (χ2n) is 6.43. The van der Waals surface area contributed by atoms with Crippen LogP contribution in [0.25, 0.3) is 0 Å². The van der Waals surface area contributed by atoms with Gasteiger partial charge in [0.25, 0.3) is 0 Å². The number of hydrogen-bond donors (Lipinski definition) is 2. The van der Waals surface area contributed by atoms with Gasteiger partial charge in [-0.1, -0.05) is 51.2 Å². The zero-order valence-electron chi connectivity index (χ0n) is 13.9. The lowest BCUT2D eigenvalue weighted by atomic mass is 10.0. The molecule has 2 N–H and O–H groups in total. The number of aryl methyl sites for hydroxylation is 1. The van der Waals surface area contributed by atoms with Gasteiger partial charge in [-0.3, -0.25) is 0 Å². The molecular formula is C19H31NO2. The highest BCUT2D eigenvalue weighted by atomic mass is 16.5. The Morgan fingerprint density at radius 3 is 2.50 bits per heavy atom. The van der Waals surface area contributed by atoms with Gasteiger partial charge < -0.3 is 15.2 Å². The van der Waals surface area contributed by atoms with Crippen LogP contribution in [0.3, 0.4) is 0 Å². The summed E-state index contributed by atoms with van der Waals surface area (Å²) in [6.45, 7) is 3.27. The number of aliphatic hydroxyl groups is 1. The zero-order valence-corrected chi connectivity index (χ0v) is 13.9. The lowest BCUT2D eigenvalue weighted by Gasteiger charge is -2.13. The van der Waals surface area contributed by atoms with Gasteiger partial charge in [-0.25, -0.2) is 0 Å². The van der Waals surface area contributed by atoms with E-state index in [1.807, 2.05) is 0 Å². The van der Waals surface area contributed by atoms with E-state index in [-0.39, 0.29) is 18.8 Å². The fourth-order valence-corrected chi connectivity index (χ4v) is 3.05. The van der Waals surface area contributed by atoms with Gasteiger partial charge in [0.05, 0.1) is 6.61 Å². The van der Waals surface area contributed by atoms with Crippen molar-refractivity contribution < 1.29 is 9.84 Å². The third kappa shape index (κ3) is 5.98. The highest BCUT2D eigenvalue weighted by Crippen LogP contribution is 2.19. The molecule has 0 amide bonds. The first-order chi connectivity index (χ1) is 10.8. The first kappa shape index (κ1) is 17.3. The van der Waals surface area contributed by atoms with Gasteiger partial charge in [-0.05, 0) is 30.5 Å². The molecule has 1 aromatic carbocycles. The van der Waals surface area contributed by atoms with Gasteiger partial charge in [0.2, 0.25) is 0 Å². The molecule has 1 heterocycles. The Morgan fingerprint density at radius 2 is 1.82 bits per heavy atom. The van der Waals surface area contributed by atoms with E-state index in [2.05, 4.69) is 36.5 Å². The summed E-state index contributed by atoms with van der Waals surface area (Å²) in [6.07, 6.45) is 10.3. The Balaban J connectivity index is 1.65. The largest absolute Gasteiger partial charge is 0.489 e. The Hall–Kier alpha value is -1.06. The van der Waals surface area contributed by atoms with E-state index in [4.69, 9.17) is 9.84 Å². The first-order valence-electron chi connectivity index (χ1n) is 8.91. The van der Waals surface area contributed by atoms with Crippen LogP contribution in [0.2, 0.25) is 0 Å². The number of hydrogen-bond acceptors (Lipinski definition) is 3. The average Bonchev–Trinajstić information content (AvgIpc) is 3.00. The van der Waals surface area contributed by atoms with Gasteiger partial charge in [-0.2, -0.15) is 0 Å². The summed E-state index contributed by atoms with van der Waals surface area (Å²) in [5.41, 5.74) is 1.40. The van der Waals surface area contributed by atoms with E-state index in [0.717, 1.165) is 18.7 Å². The van der Waals surface area contributed by atoms with E-state index in [9.17, 15) is 0 Å². The molecule has 0 bridgehead atoms. The minimum absolute atomic E-state index is 0.182. The third-order valence-corrected chi connectivity index (χ3v) is 4.45. The molecule has 1 saturated heterocycles. The van der Waals surface area contributed by atoms with Crippen molar-refractivity contribution in [2.45, 2.75) is 70.4 Å². The fraction of sp³-hybridized carbons (Fsp3) is 0.684. The van der Waals surface area contributed by atoms with Gasteiger partial charge in [0.1, 0.15) is 11.9 Å². The molecule has 0 radical (unpaired) electrons. The van der Waals surface area contributed by atoms with Crippen LogP contribution >= 0.6 is 0 Å². The number of ether oxygens (including phenoxy) is 1. The minimum atomic E-state index is 0.182. The highest BCUT2D eigenvalue weighted by molar-refractivity contribution is 5.27. The van der Waals surface area contributed by atoms with E-state index < -0.39 is 0 Å². The molecule has 0 spiro atoms. The molecule has 2 rings (SSSR count). The third-order valence-electron chi connectivity index (χ3n) is 4.45. The van der Waals surface area contributed by atoms with E-state index >= 15 is 0 Å². The second-order valence-corrected chi connectivity index (χ2v) is 6.43. The van der Waals surface area contributed by atoms with E-state index in [0.29, 0.717) is 0 Å². The summed E-state index contributed by atoms with van der Waals surface area (Å²) in [4.78, 5) is 0. The smallest absolute Gasteiger partial charge is 0.119 e. The summed E-state index contributed by atoms with van der Waals surface area (Å²) in [7, 11) is 0. The Kier molecular flexibility index (Phi) is 7.75. The standard InChI is InChI=1S/C19H31NO2/c1-2-3-4-5-6-7-8-16-9-11-18(12-10-16)22-19-13-17(15-21)20-14-19/h9-12,17,19-21H,2-8,13-15H2,1H3/t17-,19?/m0/s1. The molecule has 22 heavy (non-hydrogen) atoms. The molecule has 0 saturated carbocycles. The van der Waals surface area contributed by atoms with Crippen molar-refractivity contribution in [1.82, 2.24) is 5.32 Å². The predicted octanol–water partition coefficient (Wildman–Crippen LogP) is 3.69. The number of rotatable bonds is 10. The Bertz CT molecular complexity index is 404. The van der Waals surface area contributed by atoms with Gasteiger partial charge in [0, 0.05) is 19.0 Å². The first-order valence-corrected chi connectivity index (χ1v) is 8.91. The monoisotopic (exact) mass is 305 g/mol. The number of unbranched alkanes of at least 4 members (excludes halogenated alkanes) is 5. The minimum Gasteiger partial charge on any atom is -0.489 e. The van der Waals surface area contributed by atoms with E-state index in [1.165, 1.54) is 50.5 Å². The van der Waals surface area contributed by atoms with Crippen molar-refractivity contribution >= 4 is 0 Å². The molecule has 0 aromatic heterocycles. The molecule has 0 aliphatic carbocycles. The summed E-state index contributed by atoms with van der Waals surface area (Å²) in [5.74, 6) is 0.942. The van der Waals surface area contributed by atoms with Crippen LogP contribution in [0.15, 0.2) is 24.3 Å². The summed E-state index contributed by atoms with van der Waals surface area (Å²) in [5, 5.41) is 12.4. The summed E-state index contributed by atoms with van der Waals surface area (Å²) < 4.78 is 5.96. The van der Waals surface area contributed by atoms with Crippen molar-refractivity contribution in [3.63, 3.8) is 0 Å². The van der Waals surface area contributed by atoms with Gasteiger partial charge in [-0.15, -0.1) is 0 Å². The van der Waals surface area contributed by atoms with Crippen LogP contribution in [0.1, 0.15) is 57.4 Å². The summed E-state index contributed by atoms with van der Waals surface area (Å²) in [6, 6.07) is 8.73. The van der Waals surface area contributed by atoms with Crippen LogP contribution in [0.5, 0.6) is 5.75 Å². The van der Waals surface area contributed by atoms with Crippen molar-refractivity contribution in [2.24, 2.45) is 0 Å². The number of nitrogens with one attached hydrogen (secondary N) is 1. The normalized spacial score (nSPS) is 21.2. The quantitative estimate of drug-likeness (QED) is 0.648. The molecular weight excluding hydrogens is 274 g/mol. The zero-order chi connectivity index (χ0) is 15.6. The lowest BCUT2D eigenvalue weighted by molar-refractivity contribution is 0.206. The van der Waals surface area contributed by atoms with E-state index in [1.54, 1.807) is 0 Å². The molecule has 1 aromatic rings. The molecule has 1 unspecified atom stereocenters. The lowest BCUT2D eigenvalue weighted by Crippen LogP contribution is -2.25. The molecule has 2 atom stereocenters. The van der Waals surface area contributed by atoms with Crippen molar-refractivity contribution in [2.75, 3.05) is 13.2 Å². The molecule has 124 valence electrons. The summed E-state index contributed by atoms with van der Waals surface area (Å²) >= 11 is 0. The molecule has 1 aliphatic heterocycles. The second kappa shape index (κ2) is 9.86.